The third-order valence-corrected chi connectivity index (χ3v) is 5.81. The highest BCUT2D eigenvalue weighted by atomic mass is 32.2. The Bertz CT molecular complexity index is 752. The summed E-state index contributed by atoms with van der Waals surface area (Å²) in [7, 11) is 1.42. The largest absolute Gasteiger partial charge is 0.467 e. The van der Waals surface area contributed by atoms with Gasteiger partial charge in [-0.3, -0.25) is 0 Å². The minimum atomic E-state index is -0.737. The fourth-order valence-corrected chi connectivity index (χ4v) is 4.38. The highest BCUT2D eigenvalue weighted by molar-refractivity contribution is 7.99. The van der Waals surface area contributed by atoms with Crippen molar-refractivity contribution in [1.29, 1.82) is 0 Å². The van der Waals surface area contributed by atoms with E-state index >= 15 is 0 Å². The third-order valence-electron chi connectivity index (χ3n) is 4.20. The van der Waals surface area contributed by atoms with E-state index in [0.29, 0.717) is 16.3 Å². The Hall–Kier alpha value is -1.80. The summed E-state index contributed by atoms with van der Waals surface area (Å²) in [4.78, 5) is 27.0. The number of hydrogen-bond donors (Lipinski definition) is 1. The lowest BCUT2D eigenvalue weighted by atomic mass is 9.98. The fraction of sp³-hybridized carbons (Fsp3) is 0.444. The van der Waals surface area contributed by atoms with Crippen molar-refractivity contribution < 1.29 is 9.53 Å². The summed E-state index contributed by atoms with van der Waals surface area (Å²) in [5.41, 5.74) is -0.737. The Balaban J connectivity index is 1.89. The molecule has 3 rings (SSSR count). The van der Waals surface area contributed by atoms with Crippen molar-refractivity contribution in [2.24, 2.45) is 0 Å². The van der Waals surface area contributed by atoms with Crippen LogP contribution in [-0.2, 0) is 9.53 Å². The molecule has 0 atom stereocenters. The predicted octanol–water partition coefficient (Wildman–Crippen LogP) is 4.03. The van der Waals surface area contributed by atoms with Gasteiger partial charge < -0.3 is 10.1 Å². The molecule has 0 unspecified atom stereocenters. The zero-order valence-corrected chi connectivity index (χ0v) is 16.5. The smallest absolute Gasteiger partial charge is 0.331 e. The van der Waals surface area contributed by atoms with E-state index in [1.54, 1.807) is 11.8 Å². The van der Waals surface area contributed by atoms with Gasteiger partial charge in [-0.05, 0) is 42.5 Å². The lowest BCUT2D eigenvalue weighted by Gasteiger charge is -2.27. The number of carbonyl (C=O) groups is 1. The van der Waals surface area contributed by atoms with Crippen molar-refractivity contribution in [1.82, 2.24) is 15.0 Å². The number of carbonyl (C=O) groups excluding carboxylic acids is 1. The van der Waals surface area contributed by atoms with Gasteiger partial charge in [-0.1, -0.05) is 49.7 Å². The van der Waals surface area contributed by atoms with Crippen LogP contribution in [0.1, 0.15) is 32.6 Å². The van der Waals surface area contributed by atoms with Gasteiger partial charge in [0.15, 0.2) is 10.3 Å². The number of esters is 1. The average molecular weight is 391 g/mol. The number of aromatic nitrogens is 3. The van der Waals surface area contributed by atoms with E-state index in [4.69, 9.17) is 4.74 Å². The first-order valence-corrected chi connectivity index (χ1v) is 10.4. The van der Waals surface area contributed by atoms with Gasteiger partial charge in [0, 0.05) is 4.90 Å². The first-order chi connectivity index (χ1) is 12.6. The number of hydrogen-bond acceptors (Lipinski definition) is 8. The first kappa shape index (κ1) is 19.0. The normalized spacial score (nSPS) is 15.6. The Labute approximate surface area is 161 Å². The molecule has 0 amide bonds. The minimum absolute atomic E-state index is 0.252. The van der Waals surface area contributed by atoms with E-state index in [2.05, 4.69) is 27.2 Å². The molecular weight excluding hydrogens is 368 g/mol. The van der Waals surface area contributed by atoms with Gasteiger partial charge in [0.25, 0.3) is 0 Å². The molecule has 1 N–H and O–H groups in total. The predicted molar refractivity (Wildman–Crippen MR) is 104 cm³/mol. The molecular formula is C18H22N4O2S2. The maximum Gasteiger partial charge on any atom is 0.331 e. The first-order valence-electron chi connectivity index (χ1n) is 8.63. The number of anilines is 1. The van der Waals surface area contributed by atoms with Gasteiger partial charge in [0.1, 0.15) is 5.54 Å². The van der Waals surface area contributed by atoms with Crippen LogP contribution in [0.25, 0.3) is 0 Å². The highest BCUT2D eigenvalue weighted by Crippen LogP contribution is 2.34. The van der Waals surface area contributed by atoms with Crippen LogP contribution in [0.4, 0.5) is 5.95 Å². The molecule has 1 aromatic heterocycles. The summed E-state index contributed by atoms with van der Waals surface area (Å²) >= 11 is 3.03. The Morgan fingerprint density at radius 1 is 1.15 bits per heavy atom. The van der Waals surface area contributed by atoms with Crippen LogP contribution in [0.5, 0.6) is 0 Å². The van der Waals surface area contributed by atoms with Crippen molar-refractivity contribution >= 4 is 35.4 Å². The minimum Gasteiger partial charge on any atom is -0.467 e. The second-order valence-corrected chi connectivity index (χ2v) is 8.25. The SMILES string of the molecule is CCSc1nc(NC2(C(=O)OC)CCCC2)nc(Sc2ccccc2)n1. The molecule has 1 aromatic carbocycles. The highest BCUT2D eigenvalue weighted by Gasteiger charge is 2.43. The van der Waals surface area contributed by atoms with Crippen LogP contribution in [0.2, 0.25) is 0 Å². The van der Waals surface area contributed by atoms with E-state index in [1.165, 1.54) is 18.9 Å². The van der Waals surface area contributed by atoms with E-state index in [0.717, 1.165) is 36.3 Å². The molecule has 0 bridgehead atoms. The standard InChI is InChI=1S/C18H22N4O2S2/c1-3-25-16-19-15(22-18(14(23)24-2)11-7-8-12-18)20-17(21-16)26-13-9-5-4-6-10-13/h4-6,9-10H,3,7-8,11-12H2,1-2H3,(H,19,20,21,22). The molecule has 0 aliphatic heterocycles. The van der Waals surface area contributed by atoms with Gasteiger partial charge in [-0.25, -0.2) is 4.79 Å². The maximum absolute atomic E-state index is 12.4. The number of rotatable bonds is 7. The van der Waals surface area contributed by atoms with Crippen molar-refractivity contribution in [3.63, 3.8) is 0 Å². The molecule has 1 fully saturated rings. The molecule has 8 heteroatoms. The molecule has 0 saturated heterocycles. The van der Waals surface area contributed by atoms with Gasteiger partial charge in [-0.2, -0.15) is 15.0 Å². The quantitative estimate of drug-likeness (QED) is 0.561. The van der Waals surface area contributed by atoms with Gasteiger partial charge >= 0.3 is 5.97 Å². The molecule has 1 saturated carbocycles. The van der Waals surface area contributed by atoms with E-state index in [9.17, 15) is 4.79 Å². The summed E-state index contributed by atoms with van der Waals surface area (Å²) in [6.45, 7) is 2.05. The number of ether oxygens (including phenoxy) is 1. The molecule has 26 heavy (non-hydrogen) atoms. The van der Waals surface area contributed by atoms with E-state index < -0.39 is 5.54 Å². The van der Waals surface area contributed by atoms with Crippen LogP contribution in [0.15, 0.2) is 45.5 Å². The molecule has 0 radical (unpaired) electrons. The summed E-state index contributed by atoms with van der Waals surface area (Å²) in [5, 5.41) is 4.53. The summed E-state index contributed by atoms with van der Waals surface area (Å²) in [5.74, 6) is 1.04. The molecule has 0 spiro atoms. The van der Waals surface area contributed by atoms with Crippen molar-refractivity contribution in [2.75, 3.05) is 18.2 Å². The van der Waals surface area contributed by atoms with Gasteiger partial charge in [0.2, 0.25) is 5.95 Å². The second-order valence-electron chi connectivity index (χ2n) is 5.98. The fourth-order valence-electron chi connectivity index (χ4n) is 3.00. The molecule has 1 heterocycles. The number of nitrogens with zero attached hydrogens (tertiary/aromatic N) is 3. The van der Waals surface area contributed by atoms with Crippen LogP contribution in [0, 0.1) is 0 Å². The number of nitrogens with one attached hydrogen (secondary N) is 1. The molecule has 6 nitrogen and oxygen atoms in total. The van der Waals surface area contributed by atoms with Gasteiger partial charge in [0.05, 0.1) is 7.11 Å². The summed E-state index contributed by atoms with van der Waals surface area (Å²) < 4.78 is 5.03. The monoisotopic (exact) mass is 390 g/mol. The number of benzene rings is 1. The average Bonchev–Trinajstić information content (AvgIpc) is 3.11. The lowest BCUT2D eigenvalue weighted by molar-refractivity contribution is -0.145. The Morgan fingerprint density at radius 3 is 2.50 bits per heavy atom. The van der Waals surface area contributed by atoms with Crippen LogP contribution in [-0.4, -0.2) is 39.3 Å². The molecule has 1 aliphatic carbocycles. The summed E-state index contributed by atoms with van der Waals surface area (Å²) in [6, 6.07) is 9.97. The molecule has 138 valence electrons. The molecule has 1 aliphatic rings. The molecule has 2 aromatic rings. The zero-order valence-electron chi connectivity index (χ0n) is 14.9. The van der Waals surface area contributed by atoms with E-state index in [-0.39, 0.29) is 5.97 Å². The number of thioether (sulfide) groups is 1. The second kappa shape index (κ2) is 8.73. The lowest BCUT2D eigenvalue weighted by Crippen LogP contribution is -2.45. The van der Waals surface area contributed by atoms with Crippen LogP contribution < -0.4 is 5.32 Å². The Kier molecular flexibility index (Phi) is 6.37. The van der Waals surface area contributed by atoms with Crippen molar-refractivity contribution in [3.05, 3.63) is 30.3 Å². The maximum atomic E-state index is 12.4. The van der Waals surface area contributed by atoms with Crippen molar-refractivity contribution in [2.45, 2.75) is 53.4 Å². The van der Waals surface area contributed by atoms with Crippen LogP contribution in [0.3, 0.4) is 0 Å². The topological polar surface area (TPSA) is 77.0 Å². The number of methoxy groups -OCH3 is 1. The van der Waals surface area contributed by atoms with Crippen LogP contribution >= 0.6 is 23.5 Å². The van der Waals surface area contributed by atoms with Gasteiger partial charge in [-0.15, -0.1) is 0 Å². The third kappa shape index (κ3) is 4.48. The Morgan fingerprint density at radius 2 is 1.85 bits per heavy atom. The summed E-state index contributed by atoms with van der Waals surface area (Å²) in [6.07, 6.45) is 3.41. The zero-order chi connectivity index (χ0) is 18.4. The van der Waals surface area contributed by atoms with Crippen molar-refractivity contribution in [3.8, 4) is 0 Å². The van der Waals surface area contributed by atoms with E-state index in [1.807, 2.05) is 30.3 Å².